The molecule has 7 heteroatoms. The molecule has 0 fully saturated rings. The van der Waals surface area contributed by atoms with E-state index in [0.717, 1.165) is 10.6 Å². The third-order valence-electron chi connectivity index (χ3n) is 2.85. The standard InChI is InChI=1S/C14H15Cl2N3OS/c1-14(2,3)9-6-4-8(5-7-9)12-18-19-13(21-12)17-11(20)10(15)16/h4-7,10H,1-3H3,(H,17,19,20). The second kappa shape index (κ2) is 6.30. The van der Waals surface area contributed by atoms with Crippen LogP contribution in [0.2, 0.25) is 0 Å². The molecule has 21 heavy (non-hydrogen) atoms. The maximum Gasteiger partial charge on any atom is 0.259 e. The average Bonchev–Trinajstić information content (AvgIpc) is 2.86. The van der Waals surface area contributed by atoms with Gasteiger partial charge in [0.15, 0.2) is 4.84 Å². The zero-order valence-corrected chi connectivity index (χ0v) is 14.2. The smallest absolute Gasteiger partial charge is 0.259 e. The molecule has 4 nitrogen and oxygen atoms in total. The minimum absolute atomic E-state index is 0.106. The summed E-state index contributed by atoms with van der Waals surface area (Å²) in [5.41, 5.74) is 2.31. The number of carbonyl (C=O) groups excluding carboxylic acids is 1. The third-order valence-corrected chi connectivity index (χ3v) is 4.14. The quantitative estimate of drug-likeness (QED) is 0.847. The van der Waals surface area contributed by atoms with E-state index < -0.39 is 10.7 Å². The van der Waals surface area contributed by atoms with E-state index in [1.807, 2.05) is 12.1 Å². The van der Waals surface area contributed by atoms with E-state index in [-0.39, 0.29) is 5.41 Å². The first-order chi connectivity index (χ1) is 9.77. The normalized spacial score (nSPS) is 11.7. The zero-order chi connectivity index (χ0) is 15.6. The Morgan fingerprint density at radius 3 is 2.33 bits per heavy atom. The highest BCUT2D eigenvalue weighted by molar-refractivity contribution is 7.18. The number of hydrogen-bond donors (Lipinski definition) is 1. The van der Waals surface area contributed by atoms with Crippen LogP contribution in [0.15, 0.2) is 24.3 Å². The van der Waals surface area contributed by atoms with Crippen LogP contribution in [-0.4, -0.2) is 20.9 Å². The lowest BCUT2D eigenvalue weighted by atomic mass is 9.87. The van der Waals surface area contributed by atoms with Crippen LogP contribution in [0.1, 0.15) is 26.3 Å². The molecule has 1 aromatic carbocycles. The third kappa shape index (κ3) is 4.15. The maximum atomic E-state index is 11.4. The first-order valence-electron chi connectivity index (χ1n) is 6.31. The Hall–Kier alpha value is -1.17. The lowest BCUT2D eigenvalue weighted by Crippen LogP contribution is -2.18. The molecule has 1 N–H and O–H groups in total. The summed E-state index contributed by atoms with van der Waals surface area (Å²) in [6.45, 7) is 6.49. The van der Waals surface area contributed by atoms with Crippen LogP contribution in [-0.2, 0) is 10.2 Å². The molecule has 1 heterocycles. The highest BCUT2D eigenvalue weighted by Crippen LogP contribution is 2.29. The Morgan fingerprint density at radius 2 is 1.81 bits per heavy atom. The molecule has 0 aliphatic carbocycles. The van der Waals surface area contributed by atoms with Gasteiger partial charge in [-0.3, -0.25) is 10.1 Å². The average molecular weight is 344 g/mol. The Bertz CT molecular complexity index is 632. The highest BCUT2D eigenvalue weighted by atomic mass is 35.5. The van der Waals surface area contributed by atoms with E-state index in [0.29, 0.717) is 5.13 Å². The lowest BCUT2D eigenvalue weighted by Gasteiger charge is -2.18. The molecular formula is C14H15Cl2N3OS. The fourth-order valence-electron chi connectivity index (χ4n) is 1.66. The van der Waals surface area contributed by atoms with Crippen molar-refractivity contribution in [2.45, 2.75) is 31.0 Å². The van der Waals surface area contributed by atoms with E-state index in [9.17, 15) is 4.79 Å². The molecule has 0 saturated heterocycles. The molecule has 0 spiro atoms. The topological polar surface area (TPSA) is 54.9 Å². The maximum absolute atomic E-state index is 11.4. The summed E-state index contributed by atoms with van der Waals surface area (Å²) < 4.78 is 0. The van der Waals surface area contributed by atoms with Crippen molar-refractivity contribution in [1.82, 2.24) is 10.2 Å². The molecule has 0 unspecified atom stereocenters. The minimum atomic E-state index is -1.12. The molecule has 0 atom stereocenters. The van der Waals surface area contributed by atoms with Gasteiger partial charge in [0.05, 0.1) is 0 Å². The molecule has 0 bridgehead atoms. The monoisotopic (exact) mass is 343 g/mol. The minimum Gasteiger partial charge on any atom is -0.298 e. The molecule has 0 saturated carbocycles. The summed E-state index contributed by atoms with van der Waals surface area (Å²) in [6, 6.07) is 8.14. The van der Waals surface area contributed by atoms with E-state index in [2.05, 4.69) is 48.4 Å². The second-order valence-corrected chi connectivity index (χ2v) is 7.60. The van der Waals surface area contributed by atoms with Crippen LogP contribution in [0.3, 0.4) is 0 Å². The van der Waals surface area contributed by atoms with Gasteiger partial charge in [0, 0.05) is 5.56 Å². The van der Waals surface area contributed by atoms with Crippen molar-refractivity contribution in [3.63, 3.8) is 0 Å². The van der Waals surface area contributed by atoms with Crippen molar-refractivity contribution in [3.05, 3.63) is 29.8 Å². The van der Waals surface area contributed by atoms with Gasteiger partial charge < -0.3 is 0 Å². The number of nitrogens with one attached hydrogen (secondary N) is 1. The number of halogens is 2. The Balaban J connectivity index is 2.16. The van der Waals surface area contributed by atoms with Gasteiger partial charge in [-0.15, -0.1) is 10.2 Å². The number of carbonyl (C=O) groups is 1. The van der Waals surface area contributed by atoms with Crippen LogP contribution in [0.5, 0.6) is 0 Å². The van der Waals surface area contributed by atoms with Crippen LogP contribution >= 0.6 is 34.5 Å². The van der Waals surface area contributed by atoms with E-state index in [4.69, 9.17) is 23.2 Å². The van der Waals surface area contributed by atoms with Gasteiger partial charge in [0.2, 0.25) is 5.13 Å². The SMILES string of the molecule is CC(C)(C)c1ccc(-c2nnc(NC(=O)C(Cl)Cl)s2)cc1. The number of rotatable bonds is 3. The molecular weight excluding hydrogens is 329 g/mol. The Labute approximate surface area is 137 Å². The first-order valence-corrected chi connectivity index (χ1v) is 8.00. The molecule has 1 aromatic heterocycles. The van der Waals surface area contributed by atoms with Gasteiger partial charge in [-0.25, -0.2) is 0 Å². The predicted octanol–water partition coefficient (Wildman–Crippen LogP) is 4.24. The van der Waals surface area contributed by atoms with Gasteiger partial charge in [-0.1, -0.05) is 79.6 Å². The van der Waals surface area contributed by atoms with Gasteiger partial charge in [-0.05, 0) is 11.0 Å². The number of alkyl halides is 2. The number of amides is 1. The summed E-state index contributed by atoms with van der Waals surface area (Å²) in [4.78, 5) is 10.3. The van der Waals surface area contributed by atoms with Crippen molar-refractivity contribution >= 4 is 45.6 Å². The Morgan fingerprint density at radius 1 is 1.19 bits per heavy atom. The molecule has 2 rings (SSSR count). The van der Waals surface area contributed by atoms with Gasteiger partial charge in [-0.2, -0.15) is 0 Å². The summed E-state index contributed by atoms with van der Waals surface area (Å²) >= 11 is 12.2. The number of aromatic nitrogens is 2. The number of hydrogen-bond acceptors (Lipinski definition) is 4. The van der Waals surface area contributed by atoms with Crippen molar-refractivity contribution < 1.29 is 4.79 Å². The van der Waals surface area contributed by atoms with Gasteiger partial charge >= 0.3 is 0 Å². The van der Waals surface area contributed by atoms with Gasteiger partial charge in [0.1, 0.15) is 5.01 Å². The van der Waals surface area contributed by atoms with Crippen LogP contribution in [0, 0.1) is 0 Å². The Kier molecular flexibility index (Phi) is 4.86. The summed E-state index contributed by atoms with van der Waals surface area (Å²) in [5.74, 6) is -0.510. The van der Waals surface area contributed by atoms with Crippen LogP contribution in [0.25, 0.3) is 10.6 Å². The van der Waals surface area contributed by atoms with E-state index in [1.165, 1.54) is 16.9 Å². The summed E-state index contributed by atoms with van der Waals surface area (Å²) in [5, 5.41) is 11.6. The lowest BCUT2D eigenvalue weighted by molar-refractivity contribution is -0.114. The fraction of sp³-hybridized carbons (Fsp3) is 0.357. The molecule has 112 valence electrons. The predicted molar refractivity (Wildman–Crippen MR) is 88.2 cm³/mol. The first kappa shape index (κ1) is 16.2. The molecule has 0 aliphatic rings. The van der Waals surface area contributed by atoms with Crippen LogP contribution < -0.4 is 5.32 Å². The number of nitrogens with zero attached hydrogens (tertiary/aromatic N) is 2. The zero-order valence-electron chi connectivity index (χ0n) is 11.9. The highest BCUT2D eigenvalue weighted by Gasteiger charge is 2.16. The van der Waals surface area contributed by atoms with Crippen LogP contribution in [0.4, 0.5) is 5.13 Å². The van der Waals surface area contributed by atoms with E-state index >= 15 is 0 Å². The fourth-order valence-corrected chi connectivity index (χ4v) is 2.52. The van der Waals surface area contributed by atoms with Gasteiger partial charge in [0.25, 0.3) is 5.91 Å². The molecule has 1 amide bonds. The number of anilines is 1. The second-order valence-electron chi connectivity index (χ2n) is 5.53. The number of benzene rings is 1. The molecule has 0 radical (unpaired) electrons. The molecule has 0 aliphatic heterocycles. The largest absolute Gasteiger partial charge is 0.298 e. The van der Waals surface area contributed by atoms with Crippen molar-refractivity contribution in [2.24, 2.45) is 0 Å². The summed E-state index contributed by atoms with van der Waals surface area (Å²) in [7, 11) is 0. The van der Waals surface area contributed by atoms with E-state index in [1.54, 1.807) is 0 Å². The van der Waals surface area contributed by atoms with Crippen molar-refractivity contribution in [2.75, 3.05) is 5.32 Å². The summed E-state index contributed by atoms with van der Waals surface area (Å²) in [6.07, 6.45) is 0. The van der Waals surface area contributed by atoms with Crippen molar-refractivity contribution in [1.29, 1.82) is 0 Å². The molecule has 2 aromatic rings. The van der Waals surface area contributed by atoms with Crippen molar-refractivity contribution in [3.8, 4) is 10.6 Å².